The van der Waals surface area contributed by atoms with Crippen molar-refractivity contribution < 1.29 is 14.4 Å². The fourth-order valence-electron chi connectivity index (χ4n) is 2.17. The lowest BCUT2D eigenvalue weighted by Gasteiger charge is -2.21. The minimum atomic E-state index is -0.693. The third-order valence-corrected chi connectivity index (χ3v) is 4.66. The van der Waals surface area contributed by atoms with Gasteiger partial charge in [-0.3, -0.25) is 19.7 Å². The number of aromatic nitrogens is 1. The largest absolute Gasteiger partial charge is 0.339 e. The normalized spacial score (nSPS) is 17.7. The predicted octanol–water partition coefficient (Wildman–Crippen LogP) is 2.00. The second-order valence-corrected chi connectivity index (χ2v) is 6.48. The maximum absolute atomic E-state index is 12.2. The van der Waals surface area contributed by atoms with Crippen molar-refractivity contribution >= 4 is 40.7 Å². The molecule has 8 heteroatoms. The molecule has 6 nitrogen and oxygen atoms in total. The Morgan fingerprint density at radius 1 is 1.30 bits per heavy atom. The summed E-state index contributed by atoms with van der Waals surface area (Å²) in [4.78, 5) is 39.6. The maximum atomic E-state index is 12.2. The first-order chi connectivity index (χ1) is 11.0. The van der Waals surface area contributed by atoms with Crippen molar-refractivity contribution in [2.45, 2.75) is 18.9 Å². The lowest BCUT2D eigenvalue weighted by Crippen LogP contribution is -2.52. The first kappa shape index (κ1) is 15.6. The highest BCUT2D eigenvalue weighted by atomic mass is 35.5. The van der Waals surface area contributed by atoms with Gasteiger partial charge in [0.05, 0.1) is 6.20 Å². The Bertz CT molecular complexity index is 773. The summed E-state index contributed by atoms with van der Waals surface area (Å²) < 4.78 is 0. The molecule has 3 rings (SSSR count). The number of piperidine rings is 1. The van der Waals surface area contributed by atoms with Gasteiger partial charge in [-0.25, -0.2) is 4.98 Å². The van der Waals surface area contributed by atoms with Crippen LogP contribution in [-0.2, 0) is 9.59 Å². The zero-order valence-electron chi connectivity index (χ0n) is 11.8. The van der Waals surface area contributed by atoms with E-state index in [0.717, 1.165) is 5.56 Å². The van der Waals surface area contributed by atoms with Gasteiger partial charge in [0.1, 0.15) is 15.9 Å². The molecule has 0 bridgehead atoms. The average Bonchev–Trinajstić information content (AvgIpc) is 3.01. The van der Waals surface area contributed by atoms with Crippen LogP contribution in [0.2, 0.25) is 5.02 Å². The molecule has 1 fully saturated rings. The molecule has 1 unspecified atom stereocenters. The van der Waals surface area contributed by atoms with Gasteiger partial charge in [0.2, 0.25) is 11.8 Å². The Kier molecular flexibility index (Phi) is 4.40. The number of thiazole rings is 1. The first-order valence-corrected chi connectivity index (χ1v) is 8.09. The maximum Gasteiger partial charge on any atom is 0.263 e. The van der Waals surface area contributed by atoms with E-state index in [0.29, 0.717) is 21.3 Å². The summed E-state index contributed by atoms with van der Waals surface area (Å²) >= 11 is 7.07. The van der Waals surface area contributed by atoms with Crippen molar-refractivity contribution in [1.29, 1.82) is 0 Å². The number of amides is 3. The van der Waals surface area contributed by atoms with Crippen LogP contribution in [0.25, 0.3) is 10.6 Å². The predicted molar refractivity (Wildman–Crippen MR) is 86.2 cm³/mol. The Hall–Kier alpha value is -2.25. The molecule has 0 spiro atoms. The lowest BCUT2D eigenvalue weighted by atomic mass is 10.1. The molecule has 1 aliphatic rings. The van der Waals surface area contributed by atoms with Crippen LogP contribution in [0.1, 0.15) is 22.5 Å². The smallest absolute Gasteiger partial charge is 0.263 e. The van der Waals surface area contributed by atoms with Gasteiger partial charge < -0.3 is 5.32 Å². The number of carbonyl (C=O) groups excluding carboxylic acids is 3. The summed E-state index contributed by atoms with van der Waals surface area (Å²) in [5.74, 6) is -1.17. The Labute approximate surface area is 140 Å². The average molecular weight is 350 g/mol. The van der Waals surface area contributed by atoms with E-state index in [1.54, 1.807) is 12.1 Å². The monoisotopic (exact) mass is 349 g/mol. The number of benzene rings is 1. The molecule has 2 heterocycles. The van der Waals surface area contributed by atoms with Crippen molar-refractivity contribution in [3.05, 3.63) is 40.4 Å². The van der Waals surface area contributed by atoms with Gasteiger partial charge in [0, 0.05) is 17.0 Å². The zero-order valence-corrected chi connectivity index (χ0v) is 13.4. The van der Waals surface area contributed by atoms with E-state index in [9.17, 15) is 14.4 Å². The topological polar surface area (TPSA) is 88.2 Å². The summed E-state index contributed by atoms with van der Waals surface area (Å²) in [7, 11) is 0. The van der Waals surface area contributed by atoms with Crippen LogP contribution in [0.3, 0.4) is 0 Å². The van der Waals surface area contributed by atoms with Gasteiger partial charge in [-0.15, -0.1) is 11.3 Å². The second kappa shape index (κ2) is 6.47. The van der Waals surface area contributed by atoms with Gasteiger partial charge in [-0.2, -0.15) is 0 Å². The van der Waals surface area contributed by atoms with Crippen LogP contribution < -0.4 is 10.6 Å². The minimum Gasteiger partial charge on any atom is -0.339 e. The highest BCUT2D eigenvalue weighted by Gasteiger charge is 2.28. The molecule has 0 radical (unpaired) electrons. The van der Waals surface area contributed by atoms with Gasteiger partial charge >= 0.3 is 0 Å². The number of carbonyl (C=O) groups is 3. The quantitative estimate of drug-likeness (QED) is 0.829. The molecular weight excluding hydrogens is 338 g/mol. The van der Waals surface area contributed by atoms with E-state index in [2.05, 4.69) is 15.6 Å². The highest BCUT2D eigenvalue weighted by Crippen LogP contribution is 2.26. The summed E-state index contributed by atoms with van der Waals surface area (Å²) in [5, 5.41) is 6.15. The van der Waals surface area contributed by atoms with Crippen LogP contribution in [0.15, 0.2) is 30.5 Å². The molecule has 0 saturated carbocycles. The SMILES string of the molecule is O=C1CCC(NC(=O)c2cnc(-c3ccc(Cl)cc3)s2)C(=O)N1. The Morgan fingerprint density at radius 3 is 2.74 bits per heavy atom. The van der Waals surface area contributed by atoms with Gasteiger partial charge in [0.15, 0.2) is 0 Å². The Balaban J connectivity index is 1.70. The van der Waals surface area contributed by atoms with E-state index in [4.69, 9.17) is 11.6 Å². The molecule has 3 amide bonds. The fraction of sp³-hybridized carbons (Fsp3) is 0.200. The van der Waals surface area contributed by atoms with E-state index in [1.165, 1.54) is 17.5 Å². The third kappa shape index (κ3) is 3.57. The number of rotatable bonds is 3. The first-order valence-electron chi connectivity index (χ1n) is 6.89. The van der Waals surface area contributed by atoms with Crippen molar-refractivity contribution in [3.8, 4) is 10.6 Å². The van der Waals surface area contributed by atoms with E-state index < -0.39 is 11.9 Å². The number of hydrogen-bond donors (Lipinski definition) is 2. The van der Waals surface area contributed by atoms with Gasteiger partial charge in [-0.05, 0) is 18.6 Å². The van der Waals surface area contributed by atoms with Crippen LogP contribution >= 0.6 is 22.9 Å². The van der Waals surface area contributed by atoms with Crippen molar-refractivity contribution in [3.63, 3.8) is 0 Å². The lowest BCUT2D eigenvalue weighted by molar-refractivity contribution is -0.134. The fourth-order valence-corrected chi connectivity index (χ4v) is 3.12. The van der Waals surface area contributed by atoms with Crippen LogP contribution in [-0.4, -0.2) is 28.7 Å². The number of imide groups is 1. The molecule has 23 heavy (non-hydrogen) atoms. The summed E-state index contributed by atoms with van der Waals surface area (Å²) in [6.45, 7) is 0. The number of halogens is 1. The van der Waals surface area contributed by atoms with Crippen LogP contribution in [0.5, 0.6) is 0 Å². The highest BCUT2D eigenvalue weighted by molar-refractivity contribution is 7.16. The summed E-state index contributed by atoms with van der Waals surface area (Å²) in [6.07, 6.45) is 1.99. The molecule has 1 aromatic heterocycles. The molecule has 118 valence electrons. The zero-order chi connectivity index (χ0) is 16.4. The van der Waals surface area contributed by atoms with Crippen LogP contribution in [0, 0.1) is 0 Å². The molecular formula is C15H12ClN3O3S. The third-order valence-electron chi connectivity index (χ3n) is 3.37. The van der Waals surface area contributed by atoms with Gasteiger partial charge in [-0.1, -0.05) is 23.7 Å². The molecule has 1 aliphatic heterocycles. The standard InChI is InChI=1S/C15H12ClN3O3S/c16-9-3-1-8(2-4-9)15-17-7-11(23-15)14(22)18-10-5-6-12(20)19-13(10)21/h1-4,7,10H,5-6H2,(H,18,22)(H,19,20,21). The van der Waals surface area contributed by atoms with Crippen molar-refractivity contribution in [1.82, 2.24) is 15.6 Å². The van der Waals surface area contributed by atoms with Crippen molar-refractivity contribution in [2.75, 3.05) is 0 Å². The molecule has 1 saturated heterocycles. The minimum absolute atomic E-state index is 0.218. The van der Waals surface area contributed by atoms with Crippen molar-refractivity contribution in [2.24, 2.45) is 0 Å². The number of hydrogen-bond acceptors (Lipinski definition) is 5. The second-order valence-electron chi connectivity index (χ2n) is 5.01. The number of nitrogens with zero attached hydrogens (tertiary/aromatic N) is 1. The van der Waals surface area contributed by atoms with Crippen LogP contribution in [0.4, 0.5) is 0 Å². The molecule has 1 atom stereocenters. The van der Waals surface area contributed by atoms with Gasteiger partial charge in [0.25, 0.3) is 5.91 Å². The molecule has 0 aliphatic carbocycles. The molecule has 2 aromatic rings. The molecule has 1 aromatic carbocycles. The van der Waals surface area contributed by atoms with E-state index >= 15 is 0 Å². The summed E-state index contributed by atoms with van der Waals surface area (Å²) in [6, 6.07) is 6.45. The molecule has 2 N–H and O–H groups in total. The Morgan fingerprint density at radius 2 is 2.04 bits per heavy atom. The number of nitrogens with one attached hydrogen (secondary N) is 2. The van der Waals surface area contributed by atoms with E-state index in [1.807, 2.05) is 12.1 Å². The summed E-state index contributed by atoms with van der Waals surface area (Å²) in [5.41, 5.74) is 0.861. The van der Waals surface area contributed by atoms with E-state index in [-0.39, 0.29) is 18.2 Å².